The molecule has 5 N–H and O–H groups in total. The molecule has 13 heavy (non-hydrogen) atoms. The summed E-state index contributed by atoms with van der Waals surface area (Å²) in [6.45, 7) is 2.57. The van der Waals surface area contributed by atoms with Crippen LogP contribution in [0.1, 0.15) is 6.92 Å². The van der Waals surface area contributed by atoms with Gasteiger partial charge < -0.3 is 26.0 Å². The normalized spacial score (nSPS) is 18.2. The van der Waals surface area contributed by atoms with E-state index < -0.39 is 6.29 Å². The molecule has 0 spiro atoms. The van der Waals surface area contributed by atoms with Gasteiger partial charge in [0, 0.05) is 13.7 Å². The van der Waals surface area contributed by atoms with Crippen LogP contribution in [-0.2, 0) is 9.47 Å². The molecule has 5 heteroatoms. The van der Waals surface area contributed by atoms with Crippen LogP contribution < -0.4 is 11.5 Å². The molecular weight excluding hydrogens is 172 g/mol. The molecule has 0 bridgehead atoms. The first kappa shape index (κ1) is 12.8. The van der Waals surface area contributed by atoms with Gasteiger partial charge in [-0.2, -0.15) is 0 Å². The van der Waals surface area contributed by atoms with Gasteiger partial charge in [-0.3, -0.25) is 0 Å². The molecular formula is C8H20N2O3. The third-order valence-corrected chi connectivity index (χ3v) is 1.97. The molecule has 0 heterocycles. The van der Waals surface area contributed by atoms with Crippen molar-refractivity contribution in [1.82, 2.24) is 0 Å². The topological polar surface area (TPSA) is 90.7 Å². The zero-order chi connectivity index (χ0) is 10.3. The summed E-state index contributed by atoms with van der Waals surface area (Å²) >= 11 is 0. The third kappa shape index (κ3) is 4.54. The molecule has 3 unspecified atom stereocenters. The van der Waals surface area contributed by atoms with Crippen molar-refractivity contribution in [2.75, 3.05) is 26.8 Å². The van der Waals surface area contributed by atoms with Crippen LogP contribution in [0.15, 0.2) is 0 Å². The van der Waals surface area contributed by atoms with E-state index in [1.807, 2.05) is 6.92 Å². The molecule has 0 saturated heterocycles. The SMILES string of the molecule is COC(CN)OC(CO)C(C)CN. The monoisotopic (exact) mass is 192 g/mol. The first-order chi connectivity index (χ1) is 6.19. The van der Waals surface area contributed by atoms with E-state index >= 15 is 0 Å². The van der Waals surface area contributed by atoms with Crippen molar-refractivity contribution >= 4 is 0 Å². The Morgan fingerprint density at radius 1 is 1.31 bits per heavy atom. The zero-order valence-electron chi connectivity index (χ0n) is 8.27. The Morgan fingerprint density at radius 3 is 2.23 bits per heavy atom. The van der Waals surface area contributed by atoms with E-state index in [0.717, 1.165) is 0 Å². The van der Waals surface area contributed by atoms with Crippen LogP contribution in [0.3, 0.4) is 0 Å². The van der Waals surface area contributed by atoms with Crippen molar-refractivity contribution in [3.05, 3.63) is 0 Å². The van der Waals surface area contributed by atoms with E-state index in [1.54, 1.807) is 0 Å². The van der Waals surface area contributed by atoms with Gasteiger partial charge in [0.25, 0.3) is 0 Å². The quantitative estimate of drug-likeness (QED) is 0.445. The summed E-state index contributed by atoms with van der Waals surface area (Å²) in [6.07, 6.45) is -0.773. The fourth-order valence-electron chi connectivity index (χ4n) is 0.911. The van der Waals surface area contributed by atoms with Crippen molar-refractivity contribution in [2.45, 2.75) is 19.3 Å². The Morgan fingerprint density at radius 2 is 1.92 bits per heavy atom. The molecule has 0 saturated carbocycles. The lowest BCUT2D eigenvalue weighted by Gasteiger charge is -2.25. The Labute approximate surface area is 79.0 Å². The van der Waals surface area contributed by atoms with E-state index in [1.165, 1.54) is 7.11 Å². The molecule has 5 nitrogen and oxygen atoms in total. The average molecular weight is 192 g/mol. The van der Waals surface area contributed by atoms with Crippen LogP contribution in [-0.4, -0.2) is 44.3 Å². The Balaban J connectivity index is 3.94. The highest BCUT2D eigenvalue weighted by Gasteiger charge is 2.19. The molecule has 0 aliphatic rings. The molecule has 0 rings (SSSR count). The fourth-order valence-corrected chi connectivity index (χ4v) is 0.911. The van der Waals surface area contributed by atoms with Crippen LogP contribution >= 0.6 is 0 Å². The number of hydrogen-bond donors (Lipinski definition) is 3. The number of rotatable bonds is 7. The lowest BCUT2D eigenvalue weighted by Crippen LogP contribution is -2.38. The molecule has 0 fully saturated rings. The van der Waals surface area contributed by atoms with E-state index in [0.29, 0.717) is 6.54 Å². The van der Waals surface area contributed by atoms with Gasteiger partial charge in [-0.25, -0.2) is 0 Å². The maximum Gasteiger partial charge on any atom is 0.169 e. The van der Waals surface area contributed by atoms with E-state index in [9.17, 15) is 0 Å². The second kappa shape index (κ2) is 7.23. The fraction of sp³-hybridized carbons (Fsp3) is 1.00. The lowest BCUT2D eigenvalue weighted by atomic mass is 10.1. The summed E-state index contributed by atoms with van der Waals surface area (Å²) < 4.78 is 10.3. The number of hydrogen-bond acceptors (Lipinski definition) is 5. The molecule has 0 aromatic rings. The zero-order valence-corrected chi connectivity index (χ0v) is 8.27. The molecule has 0 aromatic carbocycles. The van der Waals surface area contributed by atoms with Crippen molar-refractivity contribution in [1.29, 1.82) is 0 Å². The van der Waals surface area contributed by atoms with Crippen LogP contribution in [0.4, 0.5) is 0 Å². The van der Waals surface area contributed by atoms with Crippen molar-refractivity contribution in [2.24, 2.45) is 17.4 Å². The van der Waals surface area contributed by atoms with Gasteiger partial charge in [0.15, 0.2) is 6.29 Å². The highest BCUT2D eigenvalue weighted by atomic mass is 16.7. The smallest absolute Gasteiger partial charge is 0.169 e. The van der Waals surface area contributed by atoms with Crippen LogP contribution in [0.25, 0.3) is 0 Å². The highest BCUT2D eigenvalue weighted by Crippen LogP contribution is 2.08. The largest absolute Gasteiger partial charge is 0.394 e. The van der Waals surface area contributed by atoms with Gasteiger partial charge in [-0.15, -0.1) is 0 Å². The van der Waals surface area contributed by atoms with Crippen molar-refractivity contribution < 1.29 is 14.6 Å². The Bertz CT molecular complexity index is 120. The summed E-state index contributed by atoms with van der Waals surface area (Å²) in [6, 6.07) is 0. The number of aliphatic hydroxyl groups is 1. The van der Waals surface area contributed by atoms with Crippen molar-refractivity contribution in [3.8, 4) is 0 Å². The van der Waals surface area contributed by atoms with Gasteiger partial charge in [0.1, 0.15) is 0 Å². The molecule has 0 radical (unpaired) electrons. The van der Waals surface area contributed by atoms with Gasteiger partial charge >= 0.3 is 0 Å². The second-order valence-corrected chi connectivity index (χ2v) is 2.97. The molecule has 0 aliphatic heterocycles. The predicted octanol–water partition coefficient (Wildman–Crippen LogP) is -1.11. The van der Waals surface area contributed by atoms with Gasteiger partial charge in [-0.05, 0) is 12.5 Å². The van der Waals surface area contributed by atoms with E-state index in [4.69, 9.17) is 26.0 Å². The number of ether oxygens (including phenoxy) is 2. The number of methoxy groups -OCH3 is 1. The summed E-state index contributed by atoms with van der Waals surface area (Å²) in [7, 11) is 1.51. The first-order valence-electron chi connectivity index (χ1n) is 4.38. The van der Waals surface area contributed by atoms with Gasteiger partial charge in [0.2, 0.25) is 0 Å². The summed E-state index contributed by atoms with van der Waals surface area (Å²) in [5.74, 6) is 0.0919. The molecule has 0 amide bonds. The number of aliphatic hydroxyl groups excluding tert-OH is 1. The third-order valence-electron chi connectivity index (χ3n) is 1.97. The minimum absolute atomic E-state index is 0.0712. The predicted molar refractivity (Wildman–Crippen MR) is 50.0 cm³/mol. The van der Waals surface area contributed by atoms with Crippen molar-refractivity contribution in [3.63, 3.8) is 0 Å². The van der Waals surface area contributed by atoms with Gasteiger partial charge in [-0.1, -0.05) is 6.92 Å². The average Bonchev–Trinajstić information content (AvgIpc) is 2.19. The highest BCUT2D eigenvalue weighted by molar-refractivity contribution is 4.66. The second-order valence-electron chi connectivity index (χ2n) is 2.97. The van der Waals surface area contributed by atoms with E-state index in [2.05, 4.69) is 0 Å². The summed E-state index contributed by atoms with van der Waals surface area (Å²) in [5, 5.41) is 8.99. The van der Waals surface area contributed by atoms with Crippen LogP contribution in [0, 0.1) is 5.92 Å². The summed E-state index contributed by atoms with van der Waals surface area (Å²) in [5.41, 5.74) is 10.8. The minimum atomic E-state index is -0.467. The summed E-state index contributed by atoms with van der Waals surface area (Å²) in [4.78, 5) is 0. The maximum atomic E-state index is 8.99. The molecule has 3 atom stereocenters. The number of nitrogens with two attached hydrogens (primary N) is 2. The molecule has 0 aliphatic carbocycles. The minimum Gasteiger partial charge on any atom is -0.394 e. The Kier molecular flexibility index (Phi) is 7.12. The lowest BCUT2D eigenvalue weighted by molar-refractivity contribution is -0.169. The van der Waals surface area contributed by atoms with Crippen LogP contribution in [0.2, 0.25) is 0 Å². The van der Waals surface area contributed by atoms with Gasteiger partial charge in [0.05, 0.1) is 12.7 Å². The van der Waals surface area contributed by atoms with Crippen LogP contribution in [0.5, 0.6) is 0 Å². The Hall–Kier alpha value is -0.200. The maximum absolute atomic E-state index is 8.99. The first-order valence-corrected chi connectivity index (χ1v) is 4.38. The van der Waals surface area contributed by atoms with E-state index in [-0.39, 0.29) is 25.2 Å². The molecule has 80 valence electrons. The standard InChI is InChI=1S/C8H20N2O3/c1-6(3-9)7(5-11)13-8(4-10)12-2/h6-8,11H,3-5,9-10H2,1-2H3. The molecule has 0 aromatic heterocycles.